The summed E-state index contributed by atoms with van der Waals surface area (Å²) in [5.74, 6) is 0. The normalized spacial score (nSPS) is 25.5. The van der Waals surface area contributed by atoms with Crippen LogP contribution in [0.4, 0.5) is 0 Å². The summed E-state index contributed by atoms with van der Waals surface area (Å²) in [5.41, 5.74) is 0. The van der Waals surface area contributed by atoms with Crippen LogP contribution < -0.4 is 0 Å². The fourth-order valence-corrected chi connectivity index (χ4v) is 2.63. The first kappa shape index (κ1) is 4.59. The largest absolute Gasteiger partial charge is 0.110 e. The number of rotatable bonds is 0. The van der Waals surface area contributed by atoms with Crippen LogP contribution in [0.3, 0.4) is 0 Å². The molecule has 1 aliphatic heterocycles. The summed E-state index contributed by atoms with van der Waals surface area (Å²) in [6.45, 7) is 2.41. The SMILES string of the molecule is CP1CCCC1. The van der Waals surface area contributed by atoms with Gasteiger partial charge in [-0.2, -0.15) is 0 Å². The van der Waals surface area contributed by atoms with Crippen LogP contribution in [-0.2, 0) is 0 Å². The van der Waals surface area contributed by atoms with Crippen LogP contribution in [0.5, 0.6) is 0 Å². The molecule has 1 heterocycles. The highest BCUT2D eigenvalue weighted by Crippen LogP contribution is 2.38. The van der Waals surface area contributed by atoms with Gasteiger partial charge in [0.05, 0.1) is 0 Å². The minimum absolute atomic E-state index is 0.535. The lowest BCUT2D eigenvalue weighted by Gasteiger charge is -1.93. The third-order valence-electron chi connectivity index (χ3n) is 1.33. The zero-order chi connectivity index (χ0) is 4.41. The van der Waals surface area contributed by atoms with Crippen molar-refractivity contribution in [1.29, 1.82) is 0 Å². The lowest BCUT2D eigenvalue weighted by atomic mass is 10.4. The van der Waals surface area contributed by atoms with E-state index in [0.717, 1.165) is 0 Å². The predicted molar refractivity (Wildman–Crippen MR) is 31.8 cm³/mol. The molecule has 0 nitrogen and oxygen atoms in total. The molecule has 0 spiro atoms. The maximum absolute atomic E-state index is 2.41. The fourth-order valence-electron chi connectivity index (χ4n) is 0.875. The molecule has 0 unspecified atom stereocenters. The van der Waals surface area contributed by atoms with Gasteiger partial charge in [-0.25, -0.2) is 0 Å². The third-order valence-corrected chi connectivity index (χ3v) is 3.49. The molecule has 0 aromatic carbocycles. The van der Waals surface area contributed by atoms with Crippen molar-refractivity contribution >= 4 is 7.92 Å². The summed E-state index contributed by atoms with van der Waals surface area (Å²) in [4.78, 5) is 0. The lowest BCUT2D eigenvalue weighted by molar-refractivity contribution is 0.949. The van der Waals surface area contributed by atoms with Crippen molar-refractivity contribution in [1.82, 2.24) is 0 Å². The quantitative estimate of drug-likeness (QED) is 0.410. The average Bonchev–Trinajstić information content (AvgIpc) is 1.86. The summed E-state index contributed by atoms with van der Waals surface area (Å²) in [7, 11) is 0.535. The van der Waals surface area contributed by atoms with Gasteiger partial charge in [0.15, 0.2) is 0 Å². The van der Waals surface area contributed by atoms with E-state index in [2.05, 4.69) is 6.66 Å². The Morgan fingerprint density at radius 1 is 1.17 bits per heavy atom. The van der Waals surface area contributed by atoms with Crippen molar-refractivity contribution in [2.24, 2.45) is 0 Å². The van der Waals surface area contributed by atoms with E-state index < -0.39 is 0 Å². The molecule has 1 heteroatoms. The number of hydrogen-bond donors (Lipinski definition) is 0. The van der Waals surface area contributed by atoms with Crippen molar-refractivity contribution in [2.75, 3.05) is 19.0 Å². The average molecular weight is 102 g/mol. The Bertz CT molecular complexity index is 37.2. The van der Waals surface area contributed by atoms with E-state index in [4.69, 9.17) is 0 Å². The molecule has 0 bridgehead atoms. The summed E-state index contributed by atoms with van der Waals surface area (Å²) in [5, 5.41) is 0. The summed E-state index contributed by atoms with van der Waals surface area (Å²) < 4.78 is 0. The second kappa shape index (κ2) is 1.93. The predicted octanol–water partition coefficient (Wildman–Crippen LogP) is 1.89. The van der Waals surface area contributed by atoms with E-state index in [1.54, 1.807) is 12.3 Å². The Balaban J connectivity index is 2.18. The van der Waals surface area contributed by atoms with Crippen molar-refractivity contribution in [3.63, 3.8) is 0 Å². The van der Waals surface area contributed by atoms with Gasteiger partial charge in [-0.1, -0.05) is 0 Å². The summed E-state index contributed by atoms with van der Waals surface area (Å²) in [6, 6.07) is 0. The van der Waals surface area contributed by atoms with Gasteiger partial charge in [0.25, 0.3) is 0 Å². The van der Waals surface area contributed by atoms with Crippen LogP contribution in [0.2, 0.25) is 0 Å². The summed E-state index contributed by atoms with van der Waals surface area (Å²) >= 11 is 0. The molecule has 0 atom stereocenters. The monoisotopic (exact) mass is 102 g/mol. The van der Waals surface area contributed by atoms with E-state index in [-0.39, 0.29) is 0 Å². The van der Waals surface area contributed by atoms with Crippen molar-refractivity contribution in [2.45, 2.75) is 12.8 Å². The molecule has 0 aromatic heterocycles. The smallest absolute Gasteiger partial charge is 0.0328 e. The second-order valence-electron chi connectivity index (χ2n) is 2.01. The van der Waals surface area contributed by atoms with Crippen LogP contribution >= 0.6 is 7.92 Å². The molecular weight excluding hydrogens is 91.0 g/mol. The minimum Gasteiger partial charge on any atom is -0.110 e. The van der Waals surface area contributed by atoms with Crippen LogP contribution in [-0.4, -0.2) is 19.0 Å². The number of hydrogen-bond acceptors (Lipinski definition) is 0. The Labute approximate surface area is 40.7 Å². The van der Waals surface area contributed by atoms with E-state index in [1.165, 1.54) is 12.8 Å². The first-order valence-corrected chi connectivity index (χ1v) is 4.74. The molecule has 0 aliphatic carbocycles. The van der Waals surface area contributed by atoms with Gasteiger partial charge in [-0.15, -0.1) is 7.92 Å². The molecule has 0 radical (unpaired) electrons. The topological polar surface area (TPSA) is 0 Å². The molecule has 36 valence electrons. The maximum Gasteiger partial charge on any atom is -0.0328 e. The van der Waals surface area contributed by atoms with E-state index in [0.29, 0.717) is 7.92 Å². The van der Waals surface area contributed by atoms with Crippen LogP contribution in [0.15, 0.2) is 0 Å². The first-order chi connectivity index (χ1) is 2.89. The standard InChI is InChI=1S/C5H11P/c1-6-4-2-3-5-6/h2-5H2,1H3. The molecule has 0 amide bonds. The van der Waals surface area contributed by atoms with Gasteiger partial charge >= 0.3 is 0 Å². The van der Waals surface area contributed by atoms with Crippen molar-refractivity contribution in [3.05, 3.63) is 0 Å². The molecule has 1 aliphatic rings. The van der Waals surface area contributed by atoms with Gasteiger partial charge in [-0.05, 0) is 31.8 Å². The second-order valence-corrected chi connectivity index (χ2v) is 4.62. The Morgan fingerprint density at radius 3 is 1.83 bits per heavy atom. The van der Waals surface area contributed by atoms with E-state index in [1.807, 2.05) is 0 Å². The molecule has 0 saturated carbocycles. The zero-order valence-corrected chi connectivity index (χ0v) is 5.17. The van der Waals surface area contributed by atoms with Gasteiger partial charge in [0.2, 0.25) is 0 Å². The summed E-state index contributed by atoms with van der Waals surface area (Å²) in [6.07, 6.45) is 6.13. The van der Waals surface area contributed by atoms with E-state index >= 15 is 0 Å². The van der Waals surface area contributed by atoms with Gasteiger partial charge < -0.3 is 0 Å². The molecule has 1 rings (SSSR count). The highest BCUT2D eigenvalue weighted by Gasteiger charge is 2.06. The molecule has 6 heavy (non-hydrogen) atoms. The molecule has 0 aromatic rings. The fraction of sp³-hybridized carbons (Fsp3) is 1.00. The van der Waals surface area contributed by atoms with Crippen LogP contribution in [0.1, 0.15) is 12.8 Å². The maximum atomic E-state index is 2.41. The highest BCUT2D eigenvalue weighted by atomic mass is 31.1. The Kier molecular flexibility index (Phi) is 1.48. The van der Waals surface area contributed by atoms with E-state index in [9.17, 15) is 0 Å². The molecule has 1 saturated heterocycles. The van der Waals surface area contributed by atoms with Gasteiger partial charge in [0.1, 0.15) is 0 Å². The Hall–Kier alpha value is 0.430. The third kappa shape index (κ3) is 0.944. The Morgan fingerprint density at radius 2 is 1.67 bits per heavy atom. The first-order valence-electron chi connectivity index (χ1n) is 2.58. The van der Waals surface area contributed by atoms with Gasteiger partial charge in [-0.3, -0.25) is 0 Å². The molecule has 0 N–H and O–H groups in total. The minimum atomic E-state index is 0.535. The van der Waals surface area contributed by atoms with Crippen molar-refractivity contribution in [3.8, 4) is 0 Å². The molecule has 1 fully saturated rings. The van der Waals surface area contributed by atoms with Crippen LogP contribution in [0, 0.1) is 0 Å². The zero-order valence-electron chi connectivity index (χ0n) is 4.28. The van der Waals surface area contributed by atoms with Gasteiger partial charge in [0, 0.05) is 0 Å². The highest BCUT2D eigenvalue weighted by molar-refractivity contribution is 7.57. The lowest BCUT2D eigenvalue weighted by Crippen LogP contribution is -1.65. The van der Waals surface area contributed by atoms with Crippen molar-refractivity contribution < 1.29 is 0 Å². The molecular formula is C5H11P. The van der Waals surface area contributed by atoms with Crippen LogP contribution in [0.25, 0.3) is 0 Å².